The Hall–Kier alpha value is -1.39. The van der Waals surface area contributed by atoms with E-state index in [-0.39, 0.29) is 5.91 Å². The number of aliphatic hydroxyl groups is 1. The van der Waals surface area contributed by atoms with E-state index in [1.165, 1.54) is 5.56 Å². The third kappa shape index (κ3) is 3.93. The zero-order valence-corrected chi connectivity index (χ0v) is 14.1. The maximum Gasteiger partial charge on any atom is 0.254 e. The van der Waals surface area contributed by atoms with Crippen molar-refractivity contribution < 1.29 is 9.90 Å². The summed E-state index contributed by atoms with van der Waals surface area (Å²) in [6.07, 6.45) is 4.40. The SMILES string of the molecule is C[C@H]1CCCN1C(=O)c1ccc(CN2CCC(CO)CC2)cc1. The van der Waals surface area contributed by atoms with Gasteiger partial charge in [0.2, 0.25) is 0 Å². The first-order valence-corrected chi connectivity index (χ1v) is 8.90. The van der Waals surface area contributed by atoms with Gasteiger partial charge in [0.1, 0.15) is 0 Å². The average molecular weight is 316 g/mol. The molecule has 2 aliphatic rings. The Bertz CT molecular complexity index is 521. The van der Waals surface area contributed by atoms with Crippen LogP contribution in [0.3, 0.4) is 0 Å². The summed E-state index contributed by atoms with van der Waals surface area (Å²) in [5.74, 6) is 0.652. The molecule has 23 heavy (non-hydrogen) atoms. The Morgan fingerprint density at radius 1 is 1.13 bits per heavy atom. The number of rotatable bonds is 4. The van der Waals surface area contributed by atoms with E-state index in [2.05, 4.69) is 24.0 Å². The number of carbonyl (C=O) groups is 1. The van der Waals surface area contributed by atoms with Crippen LogP contribution in [0.2, 0.25) is 0 Å². The molecule has 0 aromatic heterocycles. The topological polar surface area (TPSA) is 43.8 Å². The molecule has 0 saturated carbocycles. The maximum absolute atomic E-state index is 12.5. The monoisotopic (exact) mass is 316 g/mol. The van der Waals surface area contributed by atoms with Crippen molar-refractivity contribution in [2.24, 2.45) is 5.92 Å². The van der Waals surface area contributed by atoms with Crippen molar-refractivity contribution in [1.82, 2.24) is 9.80 Å². The highest BCUT2D eigenvalue weighted by Gasteiger charge is 2.26. The lowest BCUT2D eigenvalue weighted by molar-refractivity contribution is 0.0747. The fourth-order valence-corrected chi connectivity index (χ4v) is 3.74. The zero-order valence-electron chi connectivity index (χ0n) is 14.1. The minimum atomic E-state index is 0.172. The Morgan fingerprint density at radius 2 is 1.83 bits per heavy atom. The summed E-state index contributed by atoms with van der Waals surface area (Å²) in [6, 6.07) is 8.50. The standard InChI is InChI=1S/C19H28N2O2/c1-15-3-2-10-21(15)19(23)18-6-4-16(5-7-18)13-20-11-8-17(14-22)9-12-20/h4-7,15,17,22H,2-3,8-14H2,1H3/t15-/m0/s1. The number of benzene rings is 1. The molecular weight excluding hydrogens is 288 g/mol. The van der Waals surface area contributed by atoms with E-state index in [0.29, 0.717) is 18.6 Å². The first-order chi connectivity index (χ1) is 11.2. The van der Waals surface area contributed by atoms with E-state index in [0.717, 1.165) is 57.4 Å². The Kier molecular flexibility index (Phi) is 5.34. The molecular formula is C19H28N2O2. The van der Waals surface area contributed by atoms with Gasteiger partial charge in [0.15, 0.2) is 0 Å². The Labute approximate surface area is 139 Å². The molecule has 126 valence electrons. The van der Waals surface area contributed by atoms with Crippen molar-refractivity contribution in [1.29, 1.82) is 0 Å². The maximum atomic E-state index is 12.5. The third-order valence-corrected chi connectivity index (χ3v) is 5.39. The van der Waals surface area contributed by atoms with Gasteiger partial charge in [0, 0.05) is 31.3 Å². The predicted molar refractivity (Wildman–Crippen MR) is 91.3 cm³/mol. The molecule has 0 aliphatic carbocycles. The van der Waals surface area contributed by atoms with Crippen LogP contribution in [-0.4, -0.2) is 53.1 Å². The van der Waals surface area contributed by atoms with Gasteiger partial charge in [-0.05, 0) is 69.3 Å². The van der Waals surface area contributed by atoms with Gasteiger partial charge in [-0.15, -0.1) is 0 Å². The molecule has 2 fully saturated rings. The minimum absolute atomic E-state index is 0.172. The van der Waals surface area contributed by atoms with Gasteiger partial charge in [-0.2, -0.15) is 0 Å². The van der Waals surface area contributed by atoms with Crippen LogP contribution in [0.25, 0.3) is 0 Å². The van der Waals surface area contributed by atoms with E-state index < -0.39 is 0 Å². The number of aliphatic hydroxyl groups excluding tert-OH is 1. The highest BCUT2D eigenvalue weighted by Crippen LogP contribution is 2.21. The molecule has 0 unspecified atom stereocenters. The van der Waals surface area contributed by atoms with Crippen molar-refractivity contribution in [3.8, 4) is 0 Å². The highest BCUT2D eigenvalue weighted by atomic mass is 16.3. The molecule has 1 amide bonds. The van der Waals surface area contributed by atoms with E-state index in [9.17, 15) is 9.90 Å². The first kappa shape index (κ1) is 16.5. The molecule has 1 N–H and O–H groups in total. The molecule has 3 rings (SSSR count). The number of nitrogens with zero attached hydrogens (tertiary/aromatic N) is 2. The fraction of sp³-hybridized carbons (Fsp3) is 0.632. The smallest absolute Gasteiger partial charge is 0.254 e. The molecule has 4 heteroatoms. The number of hydrogen-bond donors (Lipinski definition) is 1. The summed E-state index contributed by atoms with van der Waals surface area (Å²) in [5.41, 5.74) is 2.07. The molecule has 2 saturated heterocycles. The van der Waals surface area contributed by atoms with Crippen LogP contribution >= 0.6 is 0 Å². The second kappa shape index (κ2) is 7.45. The second-order valence-corrected chi connectivity index (χ2v) is 7.09. The first-order valence-electron chi connectivity index (χ1n) is 8.90. The number of hydrogen-bond acceptors (Lipinski definition) is 3. The molecule has 0 bridgehead atoms. The number of piperidine rings is 1. The van der Waals surface area contributed by atoms with Crippen LogP contribution in [0.15, 0.2) is 24.3 Å². The summed E-state index contributed by atoms with van der Waals surface area (Å²) in [4.78, 5) is 17.0. The van der Waals surface area contributed by atoms with Crippen LogP contribution in [-0.2, 0) is 6.54 Å². The molecule has 4 nitrogen and oxygen atoms in total. The van der Waals surface area contributed by atoms with Crippen LogP contribution in [0.4, 0.5) is 0 Å². The van der Waals surface area contributed by atoms with Gasteiger partial charge in [-0.25, -0.2) is 0 Å². The van der Waals surface area contributed by atoms with Crippen molar-refractivity contribution in [2.45, 2.75) is 45.2 Å². The van der Waals surface area contributed by atoms with Gasteiger partial charge in [0.05, 0.1) is 0 Å². The van der Waals surface area contributed by atoms with Crippen molar-refractivity contribution in [3.63, 3.8) is 0 Å². The Morgan fingerprint density at radius 3 is 2.39 bits per heavy atom. The number of likely N-dealkylation sites (tertiary alicyclic amines) is 2. The average Bonchev–Trinajstić information content (AvgIpc) is 3.02. The zero-order chi connectivity index (χ0) is 16.2. The van der Waals surface area contributed by atoms with Crippen molar-refractivity contribution in [2.75, 3.05) is 26.2 Å². The van der Waals surface area contributed by atoms with Crippen molar-refractivity contribution >= 4 is 5.91 Å². The van der Waals surface area contributed by atoms with Gasteiger partial charge in [0.25, 0.3) is 5.91 Å². The van der Waals surface area contributed by atoms with Crippen molar-refractivity contribution in [3.05, 3.63) is 35.4 Å². The molecule has 1 aromatic rings. The molecule has 2 aliphatic heterocycles. The lowest BCUT2D eigenvalue weighted by Crippen LogP contribution is -2.34. The minimum Gasteiger partial charge on any atom is -0.396 e. The van der Waals surface area contributed by atoms with E-state index in [1.54, 1.807) is 0 Å². The lowest BCUT2D eigenvalue weighted by atomic mass is 9.97. The fourth-order valence-electron chi connectivity index (χ4n) is 3.74. The summed E-state index contributed by atoms with van der Waals surface area (Å²) in [5, 5.41) is 9.20. The summed E-state index contributed by atoms with van der Waals surface area (Å²) < 4.78 is 0. The predicted octanol–water partition coefficient (Wildman–Crippen LogP) is 2.52. The van der Waals surface area contributed by atoms with Crippen LogP contribution in [0.1, 0.15) is 48.5 Å². The second-order valence-electron chi connectivity index (χ2n) is 7.09. The third-order valence-electron chi connectivity index (χ3n) is 5.39. The molecule has 0 spiro atoms. The molecule has 1 atom stereocenters. The molecule has 0 radical (unpaired) electrons. The van der Waals surface area contributed by atoms with Gasteiger partial charge in [-0.3, -0.25) is 9.69 Å². The lowest BCUT2D eigenvalue weighted by Gasteiger charge is -2.31. The number of amides is 1. The van der Waals surface area contributed by atoms with Crippen LogP contribution in [0.5, 0.6) is 0 Å². The quantitative estimate of drug-likeness (QED) is 0.928. The van der Waals surface area contributed by atoms with Gasteiger partial charge >= 0.3 is 0 Å². The number of carbonyl (C=O) groups excluding carboxylic acids is 1. The Balaban J connectivity index is 1.56. The summed E-state index contributed by atoms with van der Waals surface area (Å²) >= 11 is 0. The van der Waals surface area contributed by atoms with E-state index in [1.807, 2.05) is 17.0 Å². The normalized spacial score (nSPS) is 23.4. The van der Waals surface area contributed by atoms with Crippen LogP contribution < -0.4 is 0 Å². The largest absolute Gasteiger partial charge is 0.396 e. The molecule has 1 aromatic carbocycles. The summed E-state index contributed by atoms with van der Waals surface area (Å²) in [7, 11) is 0. The highest BCUT2D eigenvalue weighted by molar-refractivity contribution is 5.94. The van der Waals surface area contributed by atoms with E-state index >= 15 is 0 Å². The van der Waals surface area contributed by atoms with E-state index in [4.69, 9.17) is 0 Å². The molecule has 2 heterocycles. The van der Waals surface area contributed by atoms with Crippen LogP contribution in [0, 0.1) is 5.92 Å². The van der Waals surface area contributed by atoms with Gasteiger partial charge in [-0.1, -0.05) is 12.1 Å². The van der Waals surface area contributed by atoms with Gasteiger partial charge < -0.3 is 10.0 Å². The summed E-state index contributed by atoms with van der Waals surface area (Å²) in [6.45, 7) is 6.39.